The average Bonchev–Trinajstić information content (AvgIpc) is 2.65. The van der Waals surface area contributed by atoms with Crippen LogP contribution in [0, 0.1) is 6.92 Å². The smallest absolute Gasteiger partial charge is 0.193 e. The Hall–Kier alpha value is -2.89. The number of anilines is 1. The molecule has 0 unspecified atom stereocenters. The fraction of sp³-hybridized carbons (Fsp3) is 0.350. The minimum absolute atomic E-state index is 0.290. The molecule has 0 saturated heterocycles. The third-order valence-electron chi connectivity index (χ3n) is 3.77. The quantitative estimate of drug-likeness (QED) is 0.556. The molecular formula is C20H27N3O3. The van der Waals surface area contributed by atoms with Crippen molar-refractivity contribution in [1.82, 2.24) is 0 Å². The lowest BCUT2D eigenvalue weighted by atomic mass is 10.1. The van der Waals surface area contributed by atoms with E-state index in [1.165, 1.54) is 0 Å². The second-order valence-corrected chi connectivity index (χ2v) is 5.85. The largest absolute Gasteiger partial charge is 0.497 e. The summed E-state index contributed by atoms with van der Waals surface area (Å²) in [6, 6.07) is 11.5. The standard InChI is InChI=1S/C20H27N3O3/c1-5-10-26-19-11-14(2)6-7-15(19)13-22-20(21)23-17-12-16(24-3)8-9-18(17)25-4/h6-9,11-12H,5,10,13H2,1-4H3,(H3,21,22,23). The summed E-state index contributed by atoms with van der Waals surface area (Å²) in [6.45, 7) is 5.22. The van der Waals surface area contributed by atoms with Crippen LogP contribution in [0.4, 0.5) is 5.69 Å². The number of aliphatic imine (C=N–C) groups is 1. The van der Waals surface area contributed by atoms with Crippen molar-refractivity contribution in [3.05, 3.63) is 47.5 Å². The number of benzene rings is 2. The number of methoxy groups -OCH3 is 2. The summed E-state index contributed by atoms with van der Waals surface area (Å²) in [6.07, 6.45) is 0.954. The van der Waals surface area contributed by atoms with E-state index >= 15 is 0 Å². The van der Waals surface area contributed by atoms with E-state index in [1.807, 2.05) is 43.3 Å². The molecule has 0 saturated carbocycles. The molecule has 0 aliphatic heterocycles. The van der Waals surface area contributed by atoms with Crippen LogP contribution in [0.15, 0.2) is 41.4 Å². The number of ether oxygens (including phenoxy) is 3. The predicted molar refractivity (Wildman–Crippen MR) is 105 cm³/mol. The number of nitrogens with two attached hydrogens (primary N) is 1. The molecule has 0 atom stereocenters. The van der Waals surface area contributed by atoms with Crippen molar-refractivity contribution >= 4 is 11.6 Å². The fourth-order valence-electron chi connectivity index (χ4n) is 2.40. The Morgan fingerprint density at radius 2 is 1.88 bits per heavy atom. The lowest BCUT2D eigenvalue weighted by Gasteiger charge is -2.13. The summed E-state index contributed by atoms with van der Waals surface area (Å²) >= 11 is 0. The van der Waals surface area contributed by atoms with E-state index in [9.17, 15) is 0 Å². The molecule has 0 fully saturated rings. The Bertz CT molecular complexity index is 760. The van der Waals surface area contributed by atoms with Crippen molar-refractivity contribution in [2.24, 2.45) is 10.7 Å². The molecule has 2 rings (SSSR count). The van der Waals surface area contributed by atoms with Gasteiger partial charge in [-0.15, -0.1) is 0 Å². The summed E-state index contributed by atoms with van der Waals surface area (Å²) < 4.78 is 16.4. The van der Waals surface area contributed by atoms with E-state index in [0.717, 1.165) is 23.3 Å². The number of nitrogens with one attached hydrogen (secondary N) is 1. The number of nitrogens with zero attached hydrogens (tertiary/aromatic N) is 1. The third kappa shape index (κ3) is 5.31. The van der Waals surface area contributed by atoms with Crippen LogP contribution in [-0.4, -0.2) is 26.8 Å². The SMILES string of the molecule is CCCOc1cc(C)ccc1CN=C(N)Nc1cc(OC)ccc1OC. The van der Waals surface area contributed by atoms with Crippen molar-refractivity contribution in [2.45, 2.75) is 26.8 Å². The highest BCUT2D eigenvalue weighted by Gasteiger charge is 2.07. The summed E-state index contributed by atoms with van der Waals surface area (Å²) in [5.74, 6) is 2.50. The topological polar surface area (TPSA) is 78.1 Å². The summed E-state index contributed by atoms with van der Waals surface area (Å²) in [4.78, 5) is 4.43. The van der Waals surface area contributed by atoms with Gasteiger partial charge in [0.15, 0.2) is 5.96 Å². The van der Waals surface area contributed by atoms with Gasteiger partial charge in [-0.1, -0.05) is 19.1 Å². The molecule has 0 heterocycles. The molecule has 0 aliphatic rings. The number of rotatable bonds is 8. The van der Waals surface area contributed by atoms with Crippen LogP contribution < -0.4 is 25.3 Å². The molecule has 6 nitrogen and oxygen atoms in total. The number of hydrogen-bond acceptors (Lipinski definition) is 4. The first-order valence-electron chi connectivity index (χ1n) is 8.58. The molecule has 0 amide bonds. The Morgan fingerprint density at radius 1 is 1.08 bits per heavy atom. The van der Waals surface area contributed by atoms with Crippen LogP contribution >= 0.6 is 0 Å². The minimum Gasteiger partial charge on any atom is -0.497 e. The highest BCUT2D eigenvalue weighted by Crippen LogP contribution is 2.28. The van der Waals surface area contributed by atoms with Gasteiger partial charge in [-0.3, -0.25) is 0 Å². The molecule has 0 bridgehead atoms. The van der Waals surface area contributed by atoms with Crippen LogP contribution in [0.25, 0.3) is 0 Å². The van der Waals surface area contributed by atoms with E-state index < -0.39 is 0 Å². The number of aryl methyl sites for hydroxylation is 1. The van der Waals surface area contributed by atoms with Crippen LogP contribution in [0.1, 0.15) is 24.5 Å². The van der Waals surface area contributed by atoms with E-state index in [-0.39, 0.29) is 0 Å². The zero-order valence-electron chi connectivity index (χ0n) is 15.8. The van der Waals surface area contributed by atoms with E-state index in [4.69, 9.17) is 19.9 Å². The van der Waals surface area contributed by atoms with Gasteiger partial charge < -0.3 is 25.3 Å². The summed E-state index contributed by atoms with van der Waals surface area (Å²) in [5.41, 5.74) is 8.89. The van der Waals surface area contributed by atoms with E-state index in [2.05, 4.69) is 17.2 Å². The first-order valence-corrected chi connectivity index (χ1v) is 8.58. The molecule has 26 heavy (non-hydrogen) atoms. The monoisotopic (exact) mass is 357 g/mol. The van der Waals surface area contributed by atoms with E-state index in [0.29, 0.717) is 36.3 Å². The first kappa shape index (κ1) is 19.4. The van der Waals surface area contributed by atoms with Gasteiger partial charge in [0, 0.05) is 11.6 Å². The highest BCUT2D eigenvalue weighted by atomic mass is 16.5. The van der Waals surface area contributed by atoms with Crippen molar-refractivity contribution < 1.29 is 14.2 Å². The maximum atomic E-state index is 6.05. The zero-order valence-corrected chi connectivity index (χ0v) is 15.8. The van der Waals surface area contributed by atoms with Gasteiger partial charge in [-0.05, 0) is 37.1 Å². The Kier molecular flexibility index (Phi) is 7.14. The minimum atomic E-state index is 0.290. The van der Waals surface area contributed by atoms with Crippen molar-refractivity contribution in [2.75, 3.05) is 26.1 Å². The molecule has 0 radical (unpaired) electrons. The number of guanidine groups is 1. The van der Waals surface area contributed by atoms with Crippen molar-refractivity contribution in [1.29, 1.82) is 0 Å². The maximum Gasteiger partial charge on any atom is 0.193 e. The molecule has 2 aromatic rings. The van der Waals surface area contributed by atoms with Gasteiger partial charge in [0.05, 0.1) is 33.1 Å². The second-order valence-electron chi connectivity index (χ2n) is 5.85. The third-order valence-corrected chi connectivity index (χ3v) is 3.77. The van der Waals surface area contributed by atoms with Gasteiger partial charge in [-0.25, -0.2) is 4.99 Å². The normalized spacial score (nSPS) is 11.2. The first-order chi connectivity index (χ1) is 12.6. The Labute approximate surface area is 155 Å². The lowest BCUT2D eigenvalue weighted by molar-refractivity contribution is 0.314. The second kappa shape index (κ2) is 9.56. The average molecular weight is 357 g/mol. The molecule has 2 aromatic carbocycles. The van der Waals surface area contributed by atoms with Crippen LogP contribution in [0.2, 0.25) is 0 Å². The zero-order chi connectivity index (χ0) is 18.9. The molecule has 0 spiro atoms. The molecule has 3 N–H and O–H groups in total. The summed E-state index contributed by atoms with van der Waals surface area (Å²) in [5, 5.41) is 3.06. The van der Waals surface area contributed by atoms with Crippen molar-refractivity contribution in [3.8, 4) is 17.2 Å². The molecule has 0 aliphatic carbocycles. The maximum absolute atomic E-state index is 6.05. The molecule has 140 valence electrons. The van der Waals surface area contributed by atoms with Crippen LogP contribution in [-0.2, 0) is 6.54 Å². The van der Waals surface area contributed by atoms with Crippen molar-refractivity contribution in [3.63, 3.8) is 0 Å². The Morgan fingerprint density at radius 3 is 2.58 bits per heavy atom. The fourth-order valence-corrected chi connectivity index (χ4v) is 2.40. The number of hydrogen-bond donors (Lipinski definition) is 2. The van der Waals surface area contributed by atoms with Gasteiger partial charge in [-0.2, -0.15) is 0 Å². The van der Waals surface area contributed by atoms with Crippen LogP contribution in [0.3, 0.4) is 0 Å². The molecule has 0 aromatic heterocycles. The molecule has 6 heteroatoms. The highest BCUT2D eigenvalue weighted by molar-refractivity contribution is 5.94. The Balaban J connectivity index is 2.14. The van der Waals surface area contributed by atoms with Gasteiger partial charge >= 0.3 is 0 Å². The lowest BCUT2D eigenvalue weighted by Crippen LogP contribution is -2.23. The molecular weight excluding hydrogens is 330 g/mol. The van der Waals surface area contributed by atoms with Gasteiger partial charge in [0.1, 0.15) is 17.2 Å². The summed E-state index contributed by atoms with van der Waals surface area (Å²) in [7, 11) is 3.21. The van der Waals surface area contributed by atoms with Gasteiger partial charge in [0.2, 0.25) is 0 Å². The van der Waals surface area contributed by atoms with Gasteiger partial charge in [0.25, 0.3) is 0 Å². The van der Waals surface area contributed by atoms with Crippen LogP contribution in [0.5, 0.6) is 17.2 Å². The van der Waals surface area contributed by atoms with E-state index in [1.54, 1.807) is 14.2 Å². The predicted octanol–water partition coefficient (Wildman–Crippen LogP) is 3.73.